The number of methoxy groups -OCH3 is 1. The van der Waals surface area contributed by atoms with Gasteiger partial charge in [0.15, 0.2) is 0 Å². The molecule has 0 aromatic heterocycles. The van der Waals surface area contributed by atoms with Crippen molar-refractivity contribution in [3.05, 3.63) is 0 Å². The highest BCUT2D eigenvalue weighted by atomic mass is 16.5. The molecular weight excluding hydrogens is 162 g/mol. The quantitative estimate of drug-likeness (QED) is 0.715. The molecule has 0 radical (unpaired) electrons. The Bertz CT molecular complexity index is 165. The summed E-state index contributed by atoms with van der Waals surface area (Å²) in [6, 6.07) is 0. The Morgan fingerprint density at radius 2 is 2.08 bits per heavy atom. The molecule has 0 heterocycles. The van der Waals surface area contributed by atoms with Crippen LogP contribution >= 0.6 is 0 Å². The third kappa shape index (κ3) is 2.44. The highest BCUT2D eigenvalue weighted by Crippen LogP contribution is 2.35. The van der Waals surface area contributed by atoms with E-state index >= 15 is 0 Å². The molecule has 2 heteroatoms. The molecule has 1 fully saturated rings. The van der Waals surface area contributed by atoms with E-state index in [0.29, 0.717) is 0 Å². The predicted octanol–water partition coefficient (Wildman–Crippen LogP) is 2.17. The average Bonchev–Trinajstić information content (AvgIpc) is 2.03. The first-order chi connectivity index (χ1) is 5.97. The van der Waals surface area contributed by atoms with Gasteiger partial charge in [-0.25, -0.2) is 0 Å². The first kappa shape index (κ1) is 11.0. The van der Waals surface area contributed by atoms with Crippen LogP contribution in [0.3, 0.4) is 0 Å². The van der Waals surface area contributed by atoms with Crippen LogP contribution < -0.4 is 5.73 Å². The summed E-state index contributed by atoms with van der Waals surface area (Å²) >= 11 is 0. The fraction of sp³-hybridized carbons (Fsp3) is 1.00. The third-order valence-corrected chi connectivity index (χ3v) is 3.53. The number of hydrogen-bond acceptors (Lipinski definition) is 2. The van der Waals surface area contributed by atoms with Gasteiger partial charge in [0.25, 0.3) is 0 Å². The van der Waals surface area contributed by atoms with Crippen LogP contribution in [0.15, 0.2) is 0 Å². The van der Waals surface area contributed by atoms with Crippen molar-refractivity contribution in [2.75, 3.05) is 7.11 Å². The van der Waals surface area contributed by atoms with Gasteiger partial charge in [-0.05, 0) is 38.0 Å². The molecule has 0 unspecified atom stereocenters. The molecule has 2 N–H and O–H groups in total. The van der Waals surface area contributed by atoms with E-state index in [2.05, 4.69) is 20.8 Å². The second-order valence-corrected chi connectivity index (χ2v) is 5.01. The molecule has 0 spiro atoms. The lowest BCUT2D eigenvalue weighted by atomic mass is 9.72. The van der Waals surface area contributed by atoms with E-state index in [-0.39, 0.29) is 11.6 Å². The van der Waals surface area contributed by atoms with Crippen molar-refractivity contribution in [3.8, 4) is 0 Å². The van der Waals surface area contributed by atoms with Crippen molar-refractivity contribution < 1.29 is 4.74 Å². The molecular formula is C11H23NO. The molecule has 0 bridgehead atoms. The van der Waals surface area contributed by atoms with Gasteiger partial charge in [0.05, 0.1) is 6.10 Å². The largest absolute Gasteiger partial charge is 0.380 e. The first-order valence-corrected chi connectivity index (χ1v) is 5.29. The molecule has 1 aliphatic carbocycles. The second kappa shape index (κ2) is 3.97. The van der Waals surface area contributed by atoms with E-state index in [4.69, 9.17) is 10.5 Å². The van der Waals surface area contributed by atoms with Crippen LogP contribution in [0.5, 0.6) is 0 Å². The van der Waals surface area contributed by atoms with Crippen molar-refractivity contribution in [1.29, 1.82) is 0 Å². The first-order valence-electron chi connectivity index (χ1n) is 5.29. The normalized spacial score (nSPS) is 41.1. The summed E-state index contributed by atoms with van der Waals surface area (Å²) in [5.41, 5.74) is 6.06. The minimum absolute atomic E-state index is 0.111. The van der Waals surface area contributed by atoms with Gasteiger partial charge in [-0.15, -0.1) is 0 Å². The van der Waals surface area contributed by atoms with E-state index in [9.17, 15) is 0 Å². The highest BCUT2D eigenvalue weighted by molar-refractivity contribution is 4.94. The molecule has 1 rings (SSSR count). The fourth-order valence-corrected chi connectivity index (χ4v) is 2.29. The average molecular weight is 185 g/mol. The molecule has 78 valence electrons. The minimum atomic E-state index is -0.111. The van der Waals surface area contributed by atoms with Gasteiger partial charge in [-0.3, -0.25) is 0 Å². The van der Waals surface area contributed by atoms with Crippen LogP contribution in [0, 0.1) is 11.8 Å². The maximum absolute atomic E-state index is 6.17. The van der Waals surface area contributed by atoms with Crippen molar-refractivity contribution in [1.82, 2.24) is 0 Å². The monoisotopic (exact) mass is 185 g/mol. The molecule has 1 saturated carbocycles. The lowest BCUT2D eigenvalue weighted by Crippen LogP contribution is -2.53. The predicted molar refractivity (Wildman–Crippen MR) is 55.6 cm³/mol. The Kier molecular flexibility index (Phi) is 3.36. The molecule has 13 heavy (non-hydrogen) atoms. The summed E-state index contributed by atoms with van der Waals surface area (Å²) in [6.45, 7) is 6.69. The second-order valence-electron chi connectivity index (χ2n) is 5.01. The lowest BCUT2D eigenvalue weighted by molar-refractivity contribution is -0.0125. The Labute approximate surface area is 81.8 Å². The Morgan fingerprint density at radius 3 is 2.54 bits per heavy atom. The van der Waals surface area contributed by atoms with E-state index < -0.39 is 0 Å². The van der Waals surface area contributed by atoms with Gasteiger partial charge in [0, 0.05) is 12.6 Å². The zero-order chi connectivity index (χ0) is 10.1. The number of ether oxygens (including phenoxy) is 1. The van der Waals surface area contributed by atoms with Crippen molar-refractivity contribution in [2.45, 2.75) is 51.7 Å². The smallest absolute Gasteiger partial charge is 0.0750 e. The van der Waals surface area contributed by atoms with E-state index in [0.717, 1.165) is 24.7 Å². The Morgan fingerprint density at radius 1 is 1.46 bits per heavy atom. The van der Waals surface area contributed by atoms with Gasteiger partial charge in [-0.2, -0.15) is 0 Å². The summed E-state index contributed by atoms with van der Waals surface area (Å²) < 4.78 is 5.46. The fourth-order valence-electron chi connectivity index (χ4n) is 2.29. The molecule has 1 aliphatic rings. The van der Waals surface area contributed by atoms with Gasteiger partial charge >= 0.3 is 0 Å². The minimum Gasteiger partial charge on any atom is -0.380 e. The zero-order valence-corrected chi connectivity index (χ0v) is 9.34. The summed E-state index contributed by atoms with van der Waals surface area (Å²) in [5.74, 6) is 1.55. The molecule has 3 atom stereocenters. The van der Waals surface area contributed by atoms with Crippen LogP contribution in [-0.2, 0) is 4.74 Å². The molecule has 0 aromatic rings. The number of hydrogen-bond donors (Lipinski definition) is 1. The summed E-state index contributed by atoms with van der Waals surface area (Å²) in [5, 5.41) is 0. The van der Waals surface area contributed by atoms with Gasteiger partial charge < -0.3 is 10.5 Å². The Hall–Kier alpha value is -0.0800. The van der Waals surface area contributed by atoms with Crippen molar-refractivity contribution >= 4 is 0 Å². The molecule has 0 amide bonds. The van der Waals surface area contributed by atoms with Gasteiger partial charge in [0.2, 0.25) is 0 Å². The lowest BCUT2D eigenvalue weighted by Gasteiger charge is -2.42. The van der Waals surface area contributed by atoms with Gasteiger partial charge in [0.1, 0.15) is 0 Å². The standard InChI is InChI=1S/C11H23NO/c1-8(2)9-5-6-11(3,12)10(7-9)13-4/h8-10H,5-7,12H2,1-4H3/t9-,10+,11+/m1/s1. The van der Waals surface area contributed by atoms with E-state index in [1.807, 2.05) is 0 Å². The van der Waals surface area contributed by atoms with Crippen LogP contribution in [0.1, 0.15) is 40.0 Å². The van der Waals surface area contributed by atoms with Crippen LogP contribution in [0.25, 0.3) is 0 Å². The van der Waals surface area contributed by atoms with Crippen LogP contribution in [0.2, 0.25) is 0 Å². The molecule has 0 saturated heterocycles. The maximum atomic E-state index is 6.17. The van der Waals surface area contributed by atoms with E-state index in [1.54, 1.807) is 7.11 Å². The Balaban J connectivity index is 2.58. The van der Waals surface area contributed by atoms with Crippen molar-refractivity contribution in [3.63, 3.8) is 0 Å². The summed E-state index contributed by atoms with van der Waals surface area (Å²) in [7, 11) is 1.78. The van der Waals surface area contributed by atoms with E-state index in [1.165, 1.54) is 6.42 Å². The number of nitrogens with two attached hydrogens (primary N) is 1. The molecule has 2 nitrogen and oxygen atoms in total. The van der Waals surface area contributed by atoms with Crippen LogP contribution in [0.4, 0.5) is 0 Å². The molecule has 0 aliphatic heterocycles. The number of rotatable bonds is 2. The third-order valence-electron chi connectivity index (χ3n) is 3.53. The maximum Gasteiger partial charge on any atom is 0.0750 e. The van der Waals surface area contributed by atoms with Crippen LogP contribution in [-0.4, -0.2) is 18.8 Å². The SMILES string of the molecule is CO[C@H]1C[C@H](C(C)C)CC[C@]1(C)N. The molecule has 0 aromatic carbocycles. The topological polar surface area (TPSA) is 35.2 Å². The van der Waals surface area contributed by atoms with Gasteiger partial charge in [-0.1, -0.05) is 13.8 Å². The highest BCUT2D eigenvalue weighted by Gasteiger charge is 2.37. The summed E-state index contributed by atoms with van der Waals surface area (Å²) in [4.78, 5) is 0. The zero-order valence-electron chi connectivity index (χ0n) is 9.34. The van der Waals surface area contributed by atoms with Crippen molar-refractivity contribution in [2.24, 2.45) is 17.6 Å². The summed E-state index contributed by atoms with van der Waals surface area (Å²) in [6.07, 6.45) is 3.72.